The van der Waals surface area contributed by atoms with E-state index in [1.54, 1.807) is 18.2 Å². The van der Waals surface area contributed by atoms with Crippen molar-refractivity contribution in [3.63, 3.8) is 0 Å². The quantitative estimate of drug-likeness (QED) is 0.294. The molecule has 0 bridgehead atoms. The van der Waals surface area contributed by atoms with Crippen LogP contribution in [0.3, 0.4) is 0 Å². The first kappa shape index (κ1) is 25.1. The second kappa shape index (κ2) is 10.7. The minimum absolute atomic E-state index is 0.136. The standard InChI is InChI=1S/C27H26FN3O4S/c1-15(2)24(26(33)35-4)31-25(32)20-11-7-17(13-22(20)34-3)16-5-9-19(10-6-16)29-27-30-21-12-8-18(28)14-23(21)36-27/h5-15,24H,1-4H3,(H,29,30)(H,31,32)/t24-/m0/s1. The molecule has 1 atom stereocenters. The van der Waals surface area contributed by atoms with Crippen molar-refractivity contribution >= 4 is 44.2 Å². The highest BCUT2D eigenvalue weighted by molar-refractivity contribution is 7.22. The van der Waals surface area contributed by atoms with Crippen molar-refractivity contribution < 1.29 is 23.5 Å². The SMILES string of the molecule is COC(=O)[C@@H](NC(=O)c1ccc(-c2ccc(Nc3nc4ccc(F)cc4s3)cc2)cc1OC)C(C)C. The molecule has 1 heterocycles. The van der Waals surface area contributed by atoms with Gasteiger partial charge in [0.25, 0.3) is 5.91 Å². The fourth-order valence-electron chi connectivity index (χ4n) is 3.72. The lowest BCUT2D eigenvalue weighted by Gasteiger charge is -2.20. The van der Waals surface area contributed by atoms with Gasteiger partial charge < -0.3 is 20.1 Å². The summed E-state index contributed by atoms with van der Waals surface area (Å²) in [5.41, 5.74) is 3.68. The number of ether oxygens (including phenoxy) is 2. The summed E-state index contributed by atoms with van der Waals surface area (Å²) in [7, 11) is 2.78. The zero-order valence-corrected chi connectivity index (χ0v) is 21.1. The molecule has 0 unspecified atom stereocenters. The van der Waals surface area contributed by atoms with Crippen LogP contribution in [-0.4, -0.2) is 37.1 Å². The first-order chi connectivity index (χ1) is 17.3. The number of amides is 1. The first-order valence-corrected chi connectivity index (χ1v) is 12.1. The smallest absolute Gasteiger partial charge is 0.328 e. The summed E-state index contributed by atoms with van der Waals surface area (Å²) in [6.45, 7) is 3.66. The van der Waals surface area contributed by atoms with Gasteiger partial charge in [-0.3, -0.25) is 4.79 Å². The Kier molecular flexibility index (Phi) is 7.49. The van der Waals surface area contributed by atoms with Gasteiger partial charge in [-0.2, -0.15) is 0 Å². The average Bonchev–Trinajstić information content (AvgIpc) is 3.27. The average molecular weight is 508 g/mol. The van der Waals surface area contributed by atoms with Crippen LogP contribution >= 0.6 is 11.3 Å². The van der Waals surface area contributed by atoms with Gasteiger partial charge in [-0.25, -0.2) is 14.2 Å². The Bertz CT molecular complexity index is 1400. The molecule has 3 aromatic carbocycles. The van der Waals surface area contributed by atoms with E-state index in [-0.39, 0.29) is 11.7 Å². The molecule has 9 heteroatoms. The van der Waals surface area contributed by atoms with Gasteiger partial charge in [0.1, 0.15) is 17.6 Å². The molecule has 36 heavy (non-hydrogen) atoms. The van der Waals surface area contributed by atoms with Gasteiger partial charge >= 0.3 is 5.97 Å². The van der Waals surface area contributed by atoms with Crippen molar-refractivity contribution in [3.8, 4) is 16.9 Å². The molecule has 0 saturated heterocycles. The summed E-state index contributed by atoms with van der Waals surface area (Å²) < 4.78 is 24.5. The van der Waals surface area contributed by atoms with Crippen LogP contribution in [0.1, 0.15) is 24.2 Å². The van der Waals surface area contributed by atoms with Crippen molar-refractivity contribution in [1.82, 2.24) is 10.3 Å². The Hall–Kier alpha value is -3.98. The van der Waals surface area contributed by atoms with E-state index in [1.807, 2.05) is 44.2 Å². The number of benzene rings is 3. The highest BCUT2D eigenvalue weighted by Gasteiger charge is 2.26. The third-order valence-electron chi connectivity index (χ3n) is 5.67. The number of thiazole rings is 1. The van der Waals surface area contributed by atoms with Crippen molar-refractivity contribution in [1.29, 1.82) is 0 Å². The number of halogens is 1. The first-order valence-electron chi connectivity index (χ1n) is 11.3. The van der Waals surface area contributed by atoms with Crippen LogP contribution in [0.2, 0.25) is 0 Å². The van der Waals surface area contributed by atoms with E-state index < -0.39 is 17.9 Å². The van der Waals surface area contributed by atoms with E-state index in [9.17, 15) is 14.0 Å². The summed E-state index contributed by atoms with van der Waals surface area (Å²) in [5.74, 6) is -0.952. The lowest BCUT2D eigenvalue weighted by atomic mass is 10.0. The molecule has 7 nitrogen and oxygen atoms in total. The molecule has 1 aromatic heterocycles. The number of nitrogens with zero attached hydrogens (tertiary/aromatic N) is 1. The van der Waals surface area contributed by atoms with Gasteiger partial charge in [0.15, 0.2) is 5.13 Å². The molecule has 2 N–H and O–H groups in total. The van der Waals surface area contributed by atoms with Gasteiger partial charge in [0.2, 0.25) is 0 Å². The number of hydrogen-bond donors (Lipinski definition) is 2. The molecule has 1 amide bonds. The molecule has 4 rings (SSSR count). The maximum Gasteiger partial charge on any atom is 0.328 e. The summed E-state index contributed by atoms with van der Waals surface area (Å²) in [6.07, 6.45) is 0. The highest BCUT2D eigenvalue weighted by Crippen LogP contribution is 2.31. The van der Waals surface area contributed by atoms with E-state index in [4.69, 9.17) is 9.47 Å². The highest BCUT2D eigenvalue weighted by atomic mass is 32.1. The maximum atomic E-state index is 13.4. The summed E-state index contributed by atoms with van der Waals surface area (Å²) >= 11 is 1.38. The fraction of sp³-hybridized carbons (Fsp3) is 0.222. The van der Waals surface area contributed by atoms with Crippen LogP contribution in [0.15, 0.2) is 60.7 Å². The molecule has 0 spiro atoms. The fourth-order valence-corrected chi connectivity index (χ4v) is 4.63. The Morgan fingerprint density at radius 3 is 2.36 bits per heavy atom. The van der Waals surface area contributed by atoms with Crippen LogP contribution in [0.4, 0.5) is 15.2 Å². The second-order valence-electron chi connectivity index (χ2n) is 8.47. The van der Waals surface area contributed by atoms with Gasteiger partial charge in [-0.15, -0.1) is 0 Å². The van der Waals surface area contributed by atoms with E-state index >= 15 is 0 Å². The molecule has 0 aliphatic rings. The molecule has 0 saturated carbocycles. The van der Waals surface area contributed by atoms with Crippen LogP contribution in [0.5, 0.6) is 5.75 Å². The molecule has 186 valence electrons. The third-order valence-corrected chi connectivity index (χ3v) is 6.61. The maximum absolute atomic E-state index is 13.4. The monoisotopic (exact) mass is 507 g/mol. The molecule has 0 aliphatic carbocycles. The normalized spacial score (nSPS) is 11.8. The number of nitrogens with one attached hydrogen (secondary N) is 2. The summed E-state index contributed by atoms with van der Waals surface area (Å²) in [4.78, 5) is 29.4. The molecule has 0 aliphatic heterocycles. The Morgan fingerprint density at radius 1 is 0.972 bits per heavy atom. The number of methoxy groups -OCH3 is 2. The number of anilines is 2. The number of carbonyl (C=O) groups is 2. The van der Waals surface area contributed by atoms with Crippen LogP contribution < -0.4 is 15.4 Å². The predicted octanol–water partition coefficient (Wildman–Crippen LogP) is 5.78. The van der Waals surface area contributed by atoms with Crippen molar-refractivity contribution in [2.24, 2.45) is 5.92 Å². The van der Waals surface area contributed by atoms with Crippen molar-refractivity contribution in [2.75, 3.05) is 19.5 Å². The molecule has 0 radical (unpaired) electrons. The van der Waals surface area contributed by atoms with Gasteiger partial charge in [-0.1, -0.05) is 43.4 Å². The van der Waals surface area contributed by atoms with Crippen LogP contribution in [0, 0.1) is 11.7 Å². The van der Waals surface area contributed by atoms with E-state index in [0.29, 0.717) is 16.4 Å². The molecular weight excluding hydrogens is 481 g/mol. The number of hydrogen-bond acceptors (Lipinski definition) is 7. The minimum atomic E-state index is -0.763. The topological polar surface area (TPSA) is 89.5 Å². The molecule has 0 fully saturated rings. The van der Waals surface area contributed by atoms with Gasteiger partial charge in [0.05, 0.1) is 30.0 Å². The number of rotatable bonds is 8. The Balaban J connectivity index is 1.51. The zero-order chi connectivity index (χ0) is 25.8. The predicted molar refractivity (Wildman–Crippen MR) is 139 cm³/mol. The zero-order valence-electron chi connectivity index (χ0n) is 20.3. The third kappa shape index (κ3) is 5.46. The summed E-state index contributed by atoms with van der Waals surface area (Å²) in [5, 5.41) is 6.66. The van der Waals surface area contributed by atoms with Crippen molar-refractivity contribution in [3.05, 3.63) is 72.0 Å². The minimum Gasteiger partial charge on any atom is -0.496 e. The van der Waals surface area contributed by atoms with E-state index in [2.05, 4.69) is 15.6 Å². The van der Waals surface area contributed by atoms with E-state index in [1.165, 1.54) is 37.7 Å². The van der Waals surface area contributed by atoms with Crippen molar-refractivity contribution in [2.45, 2.75) is 19.9 Å². The van der Waals surface area contributed by atoms with E-state index in [0.717, 1.165) is 27.0 Å². The van der Waals surface area contributed by atoms with Gasteiger partial charge in [0, 0.05) is 5.69 Å². The van der Waals surface area contributed by atoms with Gasteiger partial charge in [-0.05, 0) is 59.5 Å². The van der Waals surface area contributed by atoms with Crippen LogP contribution in [0.25, 0.3) is 21.3 Å². The largest absolute Gasteiger partial charge is 0.496 e. The molecular formula is C27H26FN3O4S. The Labute approximate surface area is 212 Å². The summed E-state index contributed by atoms with van der Waals surface area (Å²) in [6, 6.07) is 16.7. The lowest BCUT2D eigenvalue weighted by Crippen LogP contribution is -2.45. The lowest BCUT2D eigenvalue weighted by molar-refractivity contribution is -0.144. The number of aromatic nitrogens is 1. The van der Waals surface area contributed by atoms with Crippen LogP contribution in [-0.2, 0) is 9.53 Å². The second-order valence-corrected chi connectivity index (χ2v) is 9.50. The molecule has 4 aromatic rings. The number of esters is 1. The number of fused-ring (bicyclic) bond motifs is 1. The number of carbonyl (C=O) groups excluding carboxylic acids is 2. The Morgan fingerprint density at radius 2 is 1.69 bits per heavy atom.